The second-order valence-electron chi connectivity index (χ2n) is 8.20. The second kappa shape index (κ2) is 9.85. The first-order valence-electron chi connectivity index (χ1n) is 11.0. The molecule has 0 saturated carbocycles. The van der Waals surface area contributed by atoms with Crippen molar-refractivity contribution in [2.75, 3.05) is 7.11 Å². The van der Waals surface area contributed by atoms with Gasteiger partial charge >= 0.3 is 11.9 Å². The molecule has 7 nitrogen and oxygen atoms in total. The summed E-state index contributed by atoms with van der Waals surface area (Å²) in [4.78, 5) is 25.5. The predicted octanol–water partition coefficient (Wildman–Crippen LogP) is 4.51. The summed E-state index contributed by atoms with van der Waals surface area (Å²) in [5.41, 5.74) is 2.00. The van der Waals surface area contributed by atoms with Crippen LogP contribution in [-0.2, 0) is 24.3 Å². The van der Waals surface area contributed by atoms with Gasteiger partial charge in [-0.3, -0.25) is 4.79 Å². The summed E-state index contributed by atoms with van der Waals surface area (Å²) in [6.45, 7) is 5.79. The van der Waals surface area contributed by atoms with Gasteiger partial charge in [-0.15, -0.1) is 0 Å². The first kappa shape index (κ1) is 24.4. The topological polar surface area (TPSA) is 90.0 Å². The van der Waals surface area contributed by atoms with Crippen molar-refractivity contribution in [2.45, 2.75) is 30.3 Å². The Balaban J connectivity index is 1.82. The van der Waals surface area contributed by atoms with Crippen LogP contribution in [0.3, 0.4) is 0 Å². The van der Waals surface area contributed by atoms with Crippen molar-refractivity contribution in [3.63, 3.8) is 0 Å². The number of fused-ring (bicyclic) bond motifs is 1. The average molecular weight is 492 g/mol. The molecule has 3 aromatic rings. The van der Waals surface area contributed by atoms with Crippen molar-refractivity contribution in [3.05, 3.63) is 108 Å². The van der Waals surface area contributed by atoms with Gasteiger partial charge in [0, 0.05) is 0 Å². The Labute approximate surface area is 204 Å². The number of carbonyl (C=O) groups excluding carboxylic acids is 2. The zero-order chi connectivity index (χ0) is 25.2. The maximum absolute atomic E-state index is 14.0. The third-order valence-corrected chi connectivity index (χ3v) is 7.83. The zero-order valence-electron chi connectivity index (χ0n) is 19.4. The molecule has 0 aromatic heterocycles. The third-order valence-electron chi connectivity index (χ3n) is 5.94. The van der Waals surface area contributed by atoms with Gasteiger partial charge in [-0.1, -0.05) is 66.7 Å². The van der Waals surface area contributed by atoms with Crippen LogP contribution in [0.1, 0.15) is 35.2 Å². The van der Waals surface area contributed by atoms with Crippen molar-refractivity contribution in [1.82, 2.24) is 4.31 Å². The van der Waals surface area contributed by atoms with Crippen molar-refractivity contribution < 1.29 is 27.5 Å². The molecule has 180 valence electrons. The maximum atomic E-state index is 14.0. The van der Waals surface area contributed by atoms with E-state index >= 15 is 0 Å². The monoisotopic (exact) mass is 491 g/mol. The van der Waals surface area contributed by atoms with E-state index in [1.165, 1.54) is 23.5 Å². The molecule has 0 unspecified atom stereocenters. The number of hydrogen-bond donors (Lipinski definition) is 0. The molecule has 3 aromatic carbocycles. The van der Waals surface area contributed by atoms with Gasteiger partial charge in [0.2, 0.25) is 10.0 Å². The van der Waals surface area contributed by atoms with Crippen LogP contribution in [0, 0.1) is 6.92 Å². The smallest absolute Gasteiger partial charge is 0.340 e. The van der Waals surface area contributed by atoms with Gasteiger partial charge in [-0.2, -0.15) is 4.31 Å². The Morgan fingerprint density at radius 1 is 0.914 bits per heavy atom. The normalized spacial score (nSPS) is 17.4. The largest absolute Gasteiger partial charge is 0.469 e. The molecule has 4 rings (SSSR count). The van der Waals surface area contributed by atoms with Crippen LogP contribution in [0.25, 0.3) is 0 Å². The number of carbonyl (C=O) groups is 2. The van der Waals surface area contributed by atoms with E-state index in [0.29, 0.717) is 16.9 Å². The van der Waals surface area contributed by atoms with E-state index < -0.39 is 34.0 Å². The summed E-state index contributed by atoms with van der Waals surface area (Å²) in [7, 11) is -2.92. The van der Waals surface area contributed by atoms with Crippen LogP contribution in [0.4, 0.5) is 0 Å². The Hall–Kier alpha value is -3.75. The maximum Gasteiger partial charge on any atom is 0.340 e. The fraction of sp³-hybridized carbons (Fsp3) is 0.185. The van der Waals surface area contributed by atoms with Crippen LogP contribution in [-0.4, -0.2) is 31.8 Å². The fourth-order valence-corrected chi connectivity index (χ4v) is 5.98. The van der Waals surface area contributed by atoms with Gasteiger partial charge in [0.15, 0.2) is 0 Å². The van der Waals surface area contributed by atoms with E-state index in [2.05, 4.69) is 6.58 Å². The highest BCUT2D eigenvalue weighted by Crippen LogP contribution is 2.50. The highest BCUT2D eigenvalue weighted by Gasteiger charge is 2.49. The lowest BCUT2D eigenvalue weighted by molar-refractivity contribution is -0.141. The van der Waals surface area contributed by atoms with E-state index in [0.717, 1.165) is 5.56 Å². The van der Waals surface area contributed by atoms with Crippen LogP contribution in [0.5, 0.6) is 5.75 Å². The molecule has 0 radical (unpaired) electrons. The lowest BCUT2D eigenvalue weighted by Gasteiger charge is -2.30. The first-order valence-corrected chi connectivity index (χ1v) is 12.4. The molecule has 35 heavy (non-hydrogen) atoms. The van der Waals surface area contributed by atoms with Crippen LogP contribution < -0.4 is 4.74 Å². The number of ether oxygens (including phenoxy) is 2. The van der Waals surface area contributed by atoms with Crippen LogP contribution >= 0.6 is 0 Å². The number of rotatable bonds is 7. The predicted molar refractivity (Wildman–Crippen MR) is 130 cm³/mol. The second-order valence-corrected chi connectivity index (χ2v) is 10.0. The van der Waals surface area contributed by atoms with Gasteiger partial charge in [0.05, 0.1) is 36.1 Å². The van der Waals surface area contributed by atoms with Gasteiger partial charge in [0.25, 0.3) is 0 Å². The van der Waals surface area contributed by atoms with Crippen molar-refractivity contribution in [3.8, 4) is 5.75 Å². The van der Waals surface area contributed by atoms with Crippen molar-refractivity contribution >= 4 is 22.0 Å². The number of esters is 2. The first-order chi connectivity index (χ1) is 16.7. The van der Waals surface area contributed by atoms with Crippen LogP contribution in [0.2, 0.25) is 0 Å². The average Bonchev–Trinajstić information content (AvgIpc) is 3.19. The Bertz CT molecular complexity index is 1370. The van der Waals surface area contributed by atoms with E-state index in [9.17, 15) is 18.0 Å². The van der Waals surface area contributed by atoms with E-state index in [1.54, 1.807) is 66.7 Å². The van der Waals surface area contributed by atoms with Gasteiger partial charge in [-0.05, 0) is 42.3 Å². The minimum atomic E-state index is -4.17. The molecule has 0 aliphatic carbocycles. The quantitative estimate of drug-likeness (QED) is 0.275. The molecule has 1 heterocycles. The minimum Gasteiger partial charge on any atom is -0.469 e. The molecule has 2 atom stereocenters. The van der Waals surface area contributed by atoms with E-state index in [1.807, 2.05) is 6.92 Å². The number of aryl methyl sites for hydroxylation is 1. The zero-order valence-corrected chi connectivity index (χ0v) is 20.2. The van der Waals surface area contributed by atoms with E-state index in [4.69, 9.17) is 9.47 Å². The molecule has 8 heteroatoms. The molecule has 0 bridgehead atoms. The third kappa shape index (κ3) is 4.76. The summed E-state index contributed by atoms with van der Waals surface area (Å²) < 4.78 is 39.4. The van der Waals surface area contributed by atoms with Crippen molar-refractivity contribution in [1.29, 1.82) is 0 Å². The Morgan fingerprint density at radius 2 is 1.51 bits per heavy atom. The molecular weight excluding hydrogens is 466 g/mol. The number of nitrogens with zero attached hydrogens (tertiary/aromatic N) is 1. The molecule has 0 fully saturated rings. The van der Waals surface area contributed by atoms with Crippen LogP contribution in [0.15, 0.2) is 95.9 Å². The number of para-hydroxylation sites is 1. The highest BCUT2D eigenvalue weighted by atomic mass is 32.2. The highest BCUT2D eigenvalue weighted by molar-refractivity contribution is 7.89. The fourth-order valence-electron chi connectivity index (χ4n) is 4.21. The molecule has 1 aliphatic heterocycles. The van der Waals surface area contributed by atoms with Gasteiger partial charge in [0.1, 0.15) is 5.75 Å². The van der Waals surface area contributed by atoms with Gasteiger partial charge in [-0.25, -0.2) is 13.2 Å². The summed E-state index contributed by atoms with van der Waals surface area (Å²) in [6.07, 6.45) is -0.226. The minimum absolute atomic E-state index is 0.0417. The molecule has 1 aliphatic rings. The summed E-state index contributed by atoms with van der Waals surface area (Å²) in [5.74, 6) is -1.03. The molecule has 0 N–H and O–H groups in total. The lowest BCUT2D eigenvalue weighted by atomic mass is 9.97. The van der Waals surface area contributed by atoms with E-state index in [-0.39, 0.29) is 16.9 Å². The Morgan fingerprint density at radius 3 is 2.14 bits per heavy atom. The molecule has 0 spiro atoms. The van der Waals surface area contributed by atoms with Gasteiger partial charge < -0.3 is 9.47 Å². The molecular formula is C27H25NO6S. The molecule has 0 saturated heterocycles. The summed E-state index contributed by atoms with van der Waals surface area (Å²) >= 11 is 0. The summed E-state index contributed by atoms with van der Waals surface area (Å²) in [6, 6.07) is 19.9. The number of hydrogen-bond acceptors (Lipinski definition) is 6. The SMILES string of the molecule is C=C(C(=O)Oc1ccccc1)[C@H]1c2ccccc2[C@@H](CC(=O)OC)N1S(=O)(=O)c1ccc(C)cc1. The number of sulfonamides is 1. The lowest BCUT2D eigenvalue weighted by Crippen LogP contribution is -2.36. The molecule has 0 amide bonds. The standard InChI is InChI=1S/C27H25NO6S/c1-18-13-15-21(16-14-18)35(31,32)28-24(17-25(29)33-3)22-11-7-8-12-23(22)26(28)19(2)27(30)34-20-9-5-4-6-10-20/h4-16,24,26H,2,17H2,1,3H3/t24-,26+/m1/s1. The van der Waals surface area contributed by atoms with Crippen molar-refractivity contribution in [2.24, 2.45) is 0 Å². The number of methoxy groups -OCH3 is 1. The number of benzene rings is 3. The Kier molecular flexibility index (Phi) is 6.86. The summed E-state index contributed by atoms with van der Waals surface area (Å²) in [5, 5.41) is 0.